The van der Waals surface area contributed by atoms with Crippen LogP contribution in [0.3, 0.4) is 0 Å². The third-order valence-corrected chi connectivity index (χ3v) is 3.58. The lowest BCUT2D eigenvalue weighted by Crippen LogP contribution is -2.32. The molecule has 2 atom stereocenters. The van der Waals surface area contributed by atoms with Gasteiger partial charge in [0.25, 0.3) is 5.56 Å². The summed E-state index contributed by atoms with van der Waals surface area (Å²) in [4.78, 5) is 23.7. The van der Waals surface area contributed by atoms with E-state index in [1.54, 1.807) is 16.8 Å². The number of amides is 1. The van der Waals surface area contributed by atoms with E-state index < -0.39 is 0 Å². The van der Waals surface area contributed by atoms with Gasteiger partial charge in [-0.1, -0.05) is 6.92 Å². The molecule has 0 saturated carbocycles. The highest BCUT2D eigenvalue weighted by molar-refractivity contribution is 5.93. The summed E-state index contributed by atoms with van der Waals surface area (Å²) in [6, 6.07) is 3.38. The van der Waals surface area contributed by atoms with Crippen LogP contribution >= 0.6 is 0 Å². The summed E-state index contributed by atoms with van der Waals surface area (Å²) in [7, 11) is 0. The van der Waals surface area contributed by atoms with E-state index in [0.717, 1.165) is 19.4 Å². The van der Waals surface area contributed by atoms with Gasteiger partial charge in [-0.25, -0.2) is 0 Å². The van der Waals surface area contributed by atoms with E-state index in [4.69, 9.17) is 0 Å². The summed E-state index contributed by atoms with van der Waals surface area (Å²) in [5, 5.41) is 6.16. The van der Waals surface area contributed by atoms with Crippen LogP contribution in [0.2, 0.25) is 0 Å². The van der Waals surface area contributed by atoms with E-state index in [1.165, 1.54) is 6.07 Å². The first kappa shape index (κ1) is 13.8. The number of hydrogen-bond donors (Lipinski definition) is 2. The molecule has 0 spiro atoms. The Kier molecular flexibility index (Phi) is 4.37. The minimum absolute atomic E-state index is 0.00607. The van der Waals surface area contributed by atoms with Crippen LogP contribution in [0.4, 0.5) is 5.69 Å². The van der Waals surface area contributed by atoms with Gasteiger partial charge in [0.1, 0.15) is 0 Å². The number of carbonyl (C=O) groups is 1. The number of aromatic nitrogens is 1. The van der Waals surface area contributed by atoms with Gasteiger partial charge in [-0.3, -0.25) is 9.59 Å². The number of carbonyl (C=O) groups excluding carboxylic acids is 1. The van der Waals surface area contributed by atoms with E-state index in [1.807, 2.05) is 13.8 Å². The predicted octanol–water partition coefficient (Wildman–Crippen LogP) is 1.19. The van der Waals surface area contributed by atoms with Gasteiger partial charge in [-0.05, 0) is 32.4 Å². The quantitative estimate of drug-likeness (QED) is 0.858. The van der Waals surface area contributed by atoms with Gasteiger partial charge in [-0.15, -0.1) is 0 Å². The first-order chi connectivity index (χ1) is 9.11. The lowest BCUT2D eigenvalue weighted by Gasteiger charge is -2.15. The number of pyridine rings is 1. The molecule has 1 saturated heterocycles. The minimum Gasteiger partial charge on any atom is -0.324 e. The average Bonchev–Trinajstić information content (AvgIpc) is 2.80. The Hall–Kier alpha value is -1.62. The zero-order chi connectivity index (χ0) is 13.8. The zero-order valence-corrected chi connectivity index (χ0v) is 11.5. The highest BCUT2D eigenvalue weighted by Gasteiger charge is 2.29. The average molecular weight is 263 g/mol. The number of nitrogens with zero attached hydrogens (tertiary/aromatic N) is 1. The van der Waals surface area contributed by atoms with E-state index in [-0.39, 0.29) is 23.4 Å². The topological polar surface area (TPSA) is 63.1 Å². The van der Waals surface area contributed by atoms with Gasteiger partial charge >= 0.3 is 0 Å². The van der Waals surface area contributed by atoms with Gasteiger partial charge in [0, 0.05) is 24.8 Å². The lowest BCUT2D eigenvalue weighted by atomic mass is 10.0. The molecule has 1 aromatic rings. The second-order valence-corrected chi connectivity index (χ2v) is 5.08. The van der Waals surface area contributed by atoms with Crippen LogP contribution < -0.4 is 16.2 Å². The van der Waals surface area contributed by atoms with E-state index in [0.29, 0.717) is 12.2 Å². The Morgan fingerprint density at radius 3 is 2.95 bits per heavy atom. The lowest BCUT2D eigenvalue weighted by molar-refractivity contribution is -0.120. The maximum absolute atomic E-state index is 12.1. The van der Waals surface area contributed by atoms with Crippen molar-refractivity contribution in [2.75, 3.05) is 11.9 Å². The highest BCUT2D eigenvalue weighted by Crippen LogP contribution is 2.17. The van der Waals surface area contributed by atoms with Crippen molar-refractivity contribution >= 4 is 11.6 Å². The van der Waals surface area contributed by atoms with Gasteiger partial charge in [0.15, 0.2) is 0 Å². The van der Waals surface area contributed by atoms with Crippen molar-refractivity contribution in [2.45, 2.75) is 39.3 Å². The summed E-state index contributed by atoms with van der Waals surface area (Å²) in [6.45, 7) is 5.59. The standard InChI is InChI=1S/C14H21N3O2/c1-3-8-17-9-11(4-5-13(17)18)16-14(19)12-6-7-15-10(12)2/h4-5,9-10,12,15H,3,6-8H2,1-2H3,(H,16,19). The second kappa shape index (κ2) is 6.02. The molecule has 1 fully saturated rings. The molecule has 0 aliphatic carbocycles. The molecule has 2 unspecified atom stereocenters. The van der Waals surface area contributed by atoms with Gasteiger partial charge < -0.3 is 15.2 Å². The molecule has 1 aromatic heterocycles. The maximum atomic E-state index is 12.1. The van der Waals surface area contributed by atoms with Crippen molar-refractivity contribution in [1.29, 1.82) is 0 Å². The number of nitrogens with one attached hydrogen (secondary N) is 2. The Balaban J connectivity index is 2.08. The van der Waals surface area contributed by atoms with Crippen LogP contribution in [-0.2, 0) is 11.3 Å². The summed E-state index contributed by atoms with van der Waals surface area (Å²) < 4.78 is 1.63. The summed E-state index contributed by atoms with van der Waals surface area (Å²) in [5.41, 5.74) is 0.660. The largest absolute Gasteiger partial charge is 0.324 e. The molecular formula is C14H21N3O2. The fourth-order valence-corrected chi connectivity index (χ4v) is 2.47. The molecule has 1 amide bonds. The molecule has 0 bridgehead atoms. The molecule has 19 heavy (non-hydrogen) atoms. The van der Waals surface area contributed by atoms with Crippen molar-refractivity contribution in [3.8, 4) is 0 Å². The van der Waals surface area contributed by atoms with Crippen molar-refractivity contribution in [1.82, 2.24) is 9.88 Å². The van der Waals surface area contributed by atoms with Crippen molar-refractivity contribution in [3.05, 3.63) is 28.7 Å². The molecule has 0 radical (unpaired) electrons. The predicted molar refractivity (Wildman–Crippen MR) is 75.2 cm³/mol. The molecule has 2 N–H and O–H groups in total. The Morgan fingerprint density at radius 2 is 2.32 bits per heavy atom. The molecular weight excluding hydrogens is 242 g/mol. The summed E-state index contributed by atoms with van der Waals surface area (Å²) in [6.07, 6.45) is 3.47. The fraction of sp³-hybridized carbons (Fsp3) is 0.571. The van der Waals surface area contributed by atoms with Crippen molar-refractivity contribution in [3.63, 3.8) is 0 Å². The summed E-state index contributed by atoms with van der Waals surface area (Å²) >= 11 is 0. The molecule has 2 rings (SSSR count). The number of hydrogen-bond acceptors (Lipinski definition) is 3. The molecule has 1 aliphatic rings. The van der Waals surface area contributed by atoms with E-state index in [2.05, 4.69) is 10.6 Å². The van der Waals surface area contributed by atoms with Gasteiger partial charge in [-0.2, -0.15) is 0 Å². The van der Waals surface area contributed by atoms with Crippen LogP contribution in [0.25, 0.3) is 0 Å². The van der Waals surface area contributed by atoms with Crippen molar-refractivity contribution in [2.24, 2.45) is 5.92 Å². The minimum atomic E-state index is -0.0317. The first-order valence-corrected chi connectivity index (χ1v) is 6.86. The Morgan fingerprint density at radius 1 is 1.53 bits per heavy atom. The number of rotatable bonds is 4. The molecule has 2 heterocycles. The highest BCUT2D eigenvalue weighted by atomic mass is 16.2. The molecule has 1 aliphatic heterocycles. The Labute approximate surface area is 113 Å². The number of anilines is 1. The van der Waals surface area contributed by atoms with Crippen LogP contribution in [0.1, 0.15) is 26.7 Å². The zero-order valence-electron chi connectivity index (χ0n) is 11.5. The Bertz CT molecular complexity index is 510. The van der Waals surface area contributed by atoms with Crippen LogP contribution in [-0.4, -0.2) is 23.1 Å². The summed E-state index contributed by atoms with van der Waals surface area (Å²) in [5.74, 6) is 0.0331. The monoisotopic (exact) mass is 263 g/mol. The first-order valence-electron chi connectivity index (χ1n) is 6.86. The smallest absolute Gasteiger partial charge is 0.250 e. The van der Waals surface area contributed by atoms with Gasteiger partial charge in [0.05, 0.1) is 11.6 Å². The second-order valence-electron chi connectivity index (χ2n) is 5.08. The molecule has 5 heteroatoms. The van der Waals surface area contributed by atoms with Crippen molar-refractivity contribution < 1.29 is 4.79 Å². The molecule has 104 valence electrons. The fourth-order valence-electron chi connectivity index (χ4n) is 2.47. The normalized spacial score (nSPS) is 22.4. The van der Waals surface area contributed by atoms with Crippen LogP contribution in [0.15, 0.2) is 23.1 Å². The van der Waals surface area contributed by atoms with Gasteiger partial charge in [0.2, 0.25) is 5.91 Å². The third kappa shape index (κ3) is 3.23. The third-order valence-electron chi connectivity index (χ3n) is 3.58. The van der Waals surface area contributed by atoms with E-state index in [9.17, 15) is 9.59 Å². The number of aryl methyl sites for hydroxylation is 1. The van der Waals surface area contributed by atoms with Crippen LogP contribution in [0.5, 0.6) is 0 Å². The SMILES string of the molecule is CCCn1cc(NC(=O)C2CCNC2C)ccc1=O. The maximum Gasteiger partial charge on any atom is 0.250 e. The molecule has 0 aromatic carbocycles. The molecule has 5 nitrogen and oxygen atoms in total. The van der Waals surface area contributed by atoms with E-state index >= 15 is 0 Å². The van der Waals surface area contributed by atoms with Crippen LogP contribution in [0, 0.1) is 5.92 Å².